The Labute approximate surface area is 151 Å². The van der Waals surface area contributed by atoms with Gasteiger partial charge in [0.1, 0.15) is 0 Å². The third kappa shape index (κ3) is 1.89. The second-order valence-electron chi connectivity index (χ2n) is 9.47. The third-order valence-corrected chi connectivity index (χ3v) is 8.04. The Morgan fingerprint density at radius 1 is 0.560 bits per heavy atom. The van der Waals surface area contributed by atoms with Gasteiger partial charge in [-0.3, -0.25) is 0 Å². The Morgan fingerprint density at radius 3 is 1.52 bits per heavy atom. The predicted octanol–water partition coefficient (Wildman–Crippen LogP) is 5.16. The van der Waals surface area contributed by atoms with E-state index in [4.69, 9.17) is 0 Å². The van der Waals surface area contributed by atoms with E-state index in [2.05, 4.69) is 26.0 Å². The number of aryl methyl sites for hydroxylation is 2. The summed E-state index contributed by atoms with van der Waals surface area (Å²) in [7, 11) is 0. The Morgan fingerprint density at radius 2 is 1.04 bits per heavy atom. The average molecular weight is 328 g/mol. The number of hydrogen-bond acceptors (Lipinski definition) is 0. The van der Waals surface area contributed by atoms with E-state index in [-0.39, 0.29) is 0 Å². The molecule has 0 unspecified atom stereocenters. The van der Waals surface area contributed by atoms with Crippen molar-refractivity contribution in [2.75, 3.05) is 0 Å². The molecule has 4 aliphatic rings. The zero-order valence-electron chi connectivity index (χ0n) is 15.7. The van der Waals surface area contributed by atoms with E-state index in [9.17, 15) is 0 Å². The predicted molar refractivity (Wildman–Crippen MR) is 104 cm³/mol. The first kappa shape index (κ1) is 14.6. The number of fused-ring (bicyclic) bond motifs is 4. The first-order valence-electron chi connectivity index (χ1n) is 10.4. The van der Waals surface area contributed by atoms with Crippen molar-refractivity contribution in [2.45, 2.75) is 78.1 Å². The van der Waals surface area contributed by atoms with Crippen LogP contribution in [-0.4, -0.2) is 0 Å². The summed E-state index contributed by atoms with van der Waals surface area (Å²) in [5.74, 6) is 0. The molecule has 25 heavy (non-hydrogen) atoms. The van der Waals surface area contributed by atoms with E-state index >= 15 is 0 Å². The number of rotatable bonds is 0. The molecule has 0 atom stereocenters. The van der Waals surface area contributed by atoms with Gasteiger partial charge in [-0.25, -0.2) is 0 Å². The van der Waals surface area contributed by atoms with Crippen LogP contribution in [0.3, 0.4) is 0 Å². The van der Waals surface area contributed by atoms with Gasteiger partial charge in [0, 0.05) is 0 Å². The fourth-order valence-electron chi connectivity index (χ4n) is 6.89. The van der Waals surface area contributed by atoms with Crippen molar-refractivity contribution < 1.29 is 0 Å². The summed E-state index contributed by atoms with van der Waals surface area (Å²) in [4.78, 5) is 0. The van der Waals surface area contributed by atoms with Crippen LogP contribution < -0.4 is 0 Å². The van der Waals surface area contributed by atoms with Crippen LogP contribution in [0.5, 0.6) is 0 Å². The minimum atomic E-state index is 0.504. The Balaban J connectivity index is 1.41. The monoisotopic (exact) mass is 328 g/mol. The molecule has 0 radical (unpaired) electrons. The van der Waals surface area contributed by atoms with Crippen LogP contribution >= 0.6 is 0 Å². The van der Waals surface area contributed by atoms with E-state index < -0.39 is 0 Å². The number of benzene rings is 2. The summed E-state index contributed by atoms with van der Waals surface area (Å²) in [6, 6.07) is 5.21. The molecular formula is C25H28. The minimum Gasteiger partial charge on any atom is -0.0552 e. The lowest BCUT2D eigenvalue weighted by Crippen LogP contribution is -2.21. The van der Waals surface area contributed by atoms with E-state index in [0.717, 1.165) is 0 Å². The van der Waals surface area contributed by atoms with Crippen molar-refractivity contribution >= 4 is 0 Å². The molecule has 4 aliphatic carbocycles. The molecule has 0 saturated heterocycles. The van der Waals surface area contributed by atoms with Crippen molar-refractivity contribution in [3.8, 4) is 0 Å². The van der Waals surface area contributed by atoms with Gasteiger partial charge in [0.05, 0.1) is 0 Å². The molecule has 0 heterocycles. The van der Waals surface area contributed by atoms with Crippen LogP contribution in [0.1, 0.15) is 68.5 Å². The molecule has 0 nitrogen and oxygen atoms in total. The Kier molecular flexibility index (Phi) is 2.79. The summed E-state index contributed by atoms with van der Waals surface area (Å²) in [5.41, 5.74) is 17.5. The quantitative estimate of drug-likeness (QED) is 0.626. The third-order valence-electron chi connectivity index (χ3n) is 8.04. The molecule has 0 N–H and O–H groups in total. The van der Waals surface area contributed by atoms with Crippen molar-refractivity contribution in [3.05, 3.63) is 67.8 Å². The number of hydrogen-bond donors (Lipinski definition) is 0. The highest BCUT2D eigenvalue weighted by Crippen LogP contribution is 2.51. The van der Waals surface area contributed by atoms with E-state index in [1.54, 1.807) is 55.6 Å². The molecule has 2 aromatic carbocycles. The van der Waals surface area contributed by atoms with Gasteiger partial charge in [0.2, 0.25) is 0 Å². The van der Waals surface area contributed by atoms with Crippen LogP contribution in [0.2, 0.25) is 0 Å². The van der Waals surface area contributed by atoms with Crippen LogP contribution in [0.4, 0.5) is 0 Å². The van der Waals surface area contributed by atoms with Gasteiger partial charge in [-0.2, -0.15) is 0 Å². The van der Waals surface area contributed by atoms with Crippen molar-refractivity contribution in [2.24, 2.45) is 5.41 Å². The van der Waals surface area contributed by atoms with Gasteiger partial charge in [-0.15, -0.1) is 0 Å². The van der Waals surface area contributed by atoms with Crippen LogP contribution in [0, 0.1) is 19.3 Å². The summed E-state index contributed by atoms with van der Waals surface area (Å²) in [5, 5.41) is 0. The molecular weight excluding hydrogens is 300 g/mol. The van der Waals surface area contributed by atoms with Crippen molar-refractivity contribution in [3.63, 3.8) is 0 Å². The Bertz CT molecular complexity index is 851. The van der Waals surface area contributed by atoms with Crippen molar-refractivity contribution in [1.82, 2.24) is 0 Å². The molecule has 0 aromatic heterocycles. The smallest absolute Gasteiger partial charge is 0.0135 e. The van der Waals surface area contributed by atoms with Crippen LogP contribution in [0.25, 0.3) is 0 Å². The zero-order valence-corrected chi connectivity index (χ0v) is 15.7. The first-order chi connectivity index (χ1) is 12.1. The molecule has 2 aromatic rings. The van der Waals surface area contributed by atoms with Crippen molar-refractivity contribution in [1.29, 1.82) is 0 Å². The lowest BCUT2D eigenvalue weighted by Gasteiger charge is -2.22. The summed E-state index contributed by atoms with van der Waals surface area (Å²) in [6.45, 7) is 4.84. The normalized spacial score (nSPS) is 21.5. The highest BCUT2D eigenvalue weighted by Gasteiger charge is 2.44. The van der Waals surface area contributed by atoms with Crippen LogP contribution in [0.15, 0.2) is 12.1 Å². The summed E-state index contributed by atoms with van der Waals surface area (Å²) in [6.07, 6.45) is 13.4. The maximum Gasteiger partial charge on any atom is -0.0135 e. The minimum absolute atomic E-state index is 0.504. The topological polar surface area (TPSA) is 0 Å². The summed E-state index contributed by atoms with van der Waals surface area (Å²) < 4.78 is 0. The van der Waals surface area contributed by atoms with Gasteiger partial charge in [0.25, 0.3) is 0 Å². The molecule has 0 saturated carbocycles. The molecule has 0 heteroatoms. The Hall–Kier alpha value is -1.56. The molecule has 0 bridgehead atoms. The molecule has 0 fully saturated rings. The molecule has 6 rings (SSSR count). The maximum absolute atomic E-state index is 2.61. The lowest BCUT2D eigenvalue weighted by atomic mass is 9.81. The average Bonchev–Trinajstić information content (AvgIpc) is 3.33. The zero-order chi connectivity index (χ0) is 16.8. The van der Waals surface area contributed by atoms with Gasteiger partial charge in [-0.05, 0) is 139 Å². The molecule has 0 amide bonds. The second kappa shape index (κ2) is 4.78. The SMILES string of the molecule is Cc1c2c(cc3c1CC1(C3)Cc3cc4c(c(C)c3C1)CCC4)CCC2. The molecule has 0 aliphatic heterocycles. The van der Waals surface area contributed by atoms with E-state index in [1.165, 1.54) is 64.2 Å². The fourth-order valence-corrected chi connectivity index (χ4v) is 6.89. The van der Waals surface area contributed by atoms with Gasteiger partial charge >= 0.3 is 0 Å². The van der Waals surface area contributed by atoms with Gasteiger partial charge in [-0.1, -0.05) is 12.1 Å². The second-order valence-corrected chi connectivity index (χ2v) is 9.47. The molecule has 128 valence electrons. The van der Waals surface area contributed by atoms with Gasteiger partial charge in [0.15, 0.2) is 0 Å². The van der Waals surface area contributed by atoms with E-state index in [0.29, 0.717) is 5.41 Å². The first-order valence-corrected chi connectivity index (χ1v) is 10.4. The molecule has 1 spiro atoms. The standard InChI is InChI=1S/C25H28/c1-15-21-7-3-5-17(21)9-19-11-25(13-23(15)19)12-20-10-18-6-4-8-22(18)16(2)24(20)14-25/h9-10H,3-8,11-14H2,1-2H3. The largest absolute Gasteiger partial charge is 0.0552 e. The van der Waals surface area contributed by atoms with Gasteiger partial charge < -0.3 is 0 Å². The highest BCUT2D eigenvalue weighted by atomic mass is 14.5. The summed E-state index contributed by atoms with van der Waals surface area (Å²) >= 11 is 0. The van der Waals surface area contributed by atoms with Crippen LogP contribution in [-0.2, 0) is 51.4 Å². The fraction of sp³-hybridized carbons (Fsp3) is 0.520. The lowest BCUT2D eigenvalue weighted by molar-refractivity contribution is 0.326. The maximum atomic E-state index is 2.61. The highest BCUT2D eigenvalue weighted by molar-refractivity contribution is 5.55. The van der Waals surface area contributed by atoms with E-state index in [1.807, 2.05) is 0 Å².